The molecule has 0 heterocycles. The molecular formula is C10H15N3O2. The maximum atomic E-state index is 11.3. The summed E-state index contributed by atoms with van der Waals surface area (Å²) >= 11 is 0. The van der Waals surface area contributed by atoms with Crippen LogP contribution in [-0.2, 0) is 9.53 Å². The second kappa shape index (κ2) is 4.84. The average molecular weight is 209 g/mol. The van der Waals surface area contributed by atoms with Gasteiger partial charge in [0, 0.05) is 16.5 Å². The lowest BCUT2D eigenvalue weighted by Crippen LogP contribution is -2.28. The van der Waals surface area contributed by atoms with Crippen LogP contribution in [0.2, 0.25) is 0 Å². The number of ether oxygens (including phenoxy) is 1. The zero-order valence-corrected chi connectivity index (χ0v) is 9.17. The third-order valence-corrected chi connectivity index (χ3v) is 2.98. The van der Waals surface area contributed by atoms with Gasteiger partial charge in [-0.05, 0) is 23.8 Å². The largest absolute Gasteiger partial charge is 0.466 e. The number of carbonyl (C=O) groups excluding carboxylic acids is 1. The van der Waals surface area contributed by atoms with Gasteiger partial charge in [-0.1, -0.05) is 25.0 Å². The Balaban J connectivity index is 2.90. The Morgan fingerprint density at radius 1 is 1.67 bits per heavy atom. The Kier molecular flexibility index (Phi) is 3.74. The Bertz CT molecular complexity index is 332. The zero-order chi connectivity index (χ0) is 11.4. The quantitative estimate of drug-likeness (QED) is 0.303. The molecule has 5 nitrogen and oxygen atoms in total. The van der Waals surface area contributed by atoms with Crippen LogP contribution in [0.4, 0.5) is 0 Å². The fraction of sp³-hybridized carbons (Fsp3) is 0.700. The lowest BCUT2D eigenvalue weighted by atomic mass is 9.79. The first-order valence-electron chi connectivity index (χ1n) is 4.93. The number of esters is 1. The van der Waals surface area contributed by atoms with Crippen molar-refractivity contribution in [3.63, 3.8) is 0 Å². The number of carbonyl (C=O) groups is 1. The van der Waals surface area contributed by atoms with Gasteiger partial charge < -0.3 is 4.74 Å². The summed E-state index contributed by atoms with van der Waals surface area (Å²) in [5, 5.41) is 3.71. The monoisotopic (exact) mass is 209 g/mol. The van der Waals surface area contributed by atoms with Crippen LogP contribution in [0.5, 0.6) is 0 Å². The Morgan fingerprint density at radius 3 is 2.87 bits per heavy atom. The molecule has 82 valence electrons. The molecule has 5 heteroatoms. The molecule has 15 heavy (non-hydrogen) atoms. The highest BCUT2D eigenvalue weighted by Gasteiger charge is 2.29. The van der Waals surface area contributed by atoms with E-state index in [4.69, 9.17) is 5.53 Å². The van der Waals surface area contributed by atoms with Crippen molar-refractivity contribution in [1.29, 1.82) is 0 Å². The molecule has 0 bridgehead atoms. The Labute approximate surface area is 88.7 Å². The molecule has 0 aromatic heterocycles. The molecule has 0 aromatic carbocycles. The minimum Gasteiger partial charge on any atom is -0.466 e. The van der Waals surface area contributed by atoms with Crippen molar-refractivity contribution in [1.82, 2.24) is 0 Å². The third-order valence-electron chi connectivity index (χ3n) is 2.98. The summed E-state index contributed by atoms with van der Waals surface area (Å²) in [6.45, 7) is 4.03. The number of hydrogen-bond acceptors (Lipinski definition) is 3. The maximum Gasteiger partial charge on any atom is 0.333 e. The van der Waals surface area contributed by atoms with Crippen molar-refractivity contribution in [3.8, 4) is 0 Å². The van der Waals surface area contributed by atoms with Gasteiger partial charge in [0.05, 0.1) is 7.11 Å². The highest BCUT2D eigenvalue weighted by atomic mass is 16.5. The molecule has 0 saturated heterocycles. The van der Waals surface area contributed by atoms with Crippen molar-refractivity contribution in [3.05, 3.63) is 22.1 Å². The van der Waals surface area contributed by atoms with Gasteiger partial charge in [-0.2, -0.15) is 0 Å². The van der Waals surface area contributed by atoms with Gasteiger partial charge in [0.15, 0.2) is 0 Å². The van der Waals surface area contributed by atoms with Crippen molar-refractivity contribution >= 4 is 5.97 Å². The summed E-state index contributed by atoms with van der Waals surface area (Å²) < 4.78 is 4.66. The van der Waals surface area contributed by atoms with Gasteiger partial charge in [0.1, 0.15) is 0 Å². The van der Waals surface area contributed by atoms with Crippen LogP contribution in [0.1, 0.15) is 20.3 Å². The van der Waals surface area contributed by atoms with Crippen LogP contribution >= 0.6 is 0 Å². The lowest BCUT2D eigenvalue weighted by Gasteiger charge is -2.29. The van der Waals surface area contributed by atoms with Crippen LogP contribution in [0.3, 0.4) is 0 Å². The second-order valence-electron chi connectivity index (χ2n) is 3.88. The van der Waals surface area contributed by atoms with Gasteiger partial charge in [-0.25, -0.2) is 4.79 Å². The summed E-state index contributed by atoms with van der Waals surface area (Å²) in [7, 11) is 1.36. The fourth-order valence-electron chi connectivity index (χ4n) is 1.79. The SMILES string of the molecule is COC(=O)C1=C[C@@H](C)[C@@H](C)[C@H](N=[N+]=[N-])C1. The summed E-state index contributed by atoms with van der Waals surface area (Å²) in [6, 6.07) is -0.149. The summed E-state index contributed by atoms with van der Waals surface area (Å²) in [6.07, 6.45) is 2.38. The standard InChI is InChI=1S/C10H15N3O2/c1-6-4-8(10(14)15-3)5-9(7(6)2)12-13-11/h4,6-7,9H,5H2,1-3H3/t6-,7-,9-/m1/s1. The highest BCUT2D eigenvalue weighted by molar-refractivity contribution is 5.88. The van der Waals surface area contributed by atoms with Crippen LogP contribution in [-0.4, -0.2) is 19.1 Å². The molecule has 0 fully saturated rings. The molecule has 0 amide bonds. The van der Waals surface area contributed by atoms with E-state index in [0.717, 1.165) is 0 Å². The van der Waals surface area contributed by atoms with Crippen molar-refractivity contribution < 1.29 is 9.53 Å². The zero-order valence-electron chi connectivity index (χ0n) is 9.17. The van der Waals surface area contributed by atoms with Crippen LogP contribution in [0, 0.1) is 11.8 Å². The van der Waals surface area contributed by atoms with E-state index in [1.54, 1.807) is 0 Å². The number of rotatable bonds is 2. The second-order valence-corrected chi connectivity index (χ2v) is 3.88. The third kappa shape index (κ3) is 2.50. The summed E-state index contributed by atoms with van der Waals surface area (Å²) in [5.74, 6) is 0.157. The van der Waals surface area contributed by atoms with E-state index < -0.39 is 0 Å². The molecule has 0 unspecified atom stereocenters. The Hall–Kier alpha value is -1.48. The first-order chi connectivity index (χ1) is 7.10. The summed E-state index contributed by atoms with van der Waals surface area (Å²) in [5.41, 5.74) is 9.04. The minimum atomic E-state index is -0.327. The van der Waals surface area contributed by atoms with Crippen molar-refractivity contribution in [2.24, 2.45) is 17.0 Å². The van der Waals surface area contributed by atoms with Gasteiger partial charge in [-0.15, -0.1) is 0 Å². The van der Waals surface area contributed by atoms with E-state index >= 15 is 0 Å². The number of hydrogen-bond donors (Lipinski definition) is 0. The molecule has 0 spiro atoms. The van der Waals surface area contributed by atoms with Crippen molar-refractivity contribution in [2.45, 2.75) is 26.3 Å². The van der Waals surface area contributed by atoms with E-state index in [0.29, 0.717) is 12.0 Å². The van der Waals surface area contributed by atoms with Gasteiger partial charge >= 0.3 is 5.97 Å². The molecule has 3 atom stereocenters. The Morgan fingerprint density at radius 2 is 2.33 bits per heavy atom. The van der Waals surface area contributed by atoms with E-state index in [-0.39, 0.29) is 23.8 Å². The molecule has 1 rings (SSSR count). The molecular weight excluding hydrogens is 194 g/mol. The van der Waals surface area contributed by atoms with E-state index in [1.165, 1.54) is 7.11 Å². The molecule has 0 aliphatic heterocycles. The predicted molar refractivity (Wildman–Crippen MR) is 56.0 cm³/mol. The normalized spacial score (nSPS) is 30.1. The molecule has 0 saturated carbocycles. The van der Waals surface area contributed by atoms with Crippen LogP contribution < -0.4 is 0 Å². The molecule has 0 aromatic rings. The number of methoxy groups -OCH3 is 1. The van der Waals surface area contributed by atoms with Crippen LogP contribution in [0.15, 0.2) is 16.8 Å². The first kappa shape index (κ1) is 11.6. The first-order valence-corrected chi connectivity index (χ1v) is 4.93. The van der Waals surface area contributed by atoms with E-state index in [1.807, 2.05) is 19.9 Å². The smallest absolute Gasteiger partial charge is 0.333 e. The van der Waals surface area contributed by atoms with E-state index in [9.17, 15) is 4.79 Å². The topological polar surface area (TPSA) is 75.1 Å². The van der Waals surface area contributed by atoms with E-state index in [2.05, 4.69) is 14.8 Å². The maximum absolute atomic E-state index is 11.3. The molecule has 1 aliphatic carbocycles. The lowest BCUT2D eigenvalue weighted by molar-refractivity contribution is -0.136. The van der Waals surface area contributed by atoms with Gasteiger partial charge in [-0.3, -0.25) is 0 Å². The number of nitrogens with zero attached hydrogens (tertiary/aromatic N) is 3. The average Bonchev–Trinajstić information content (AvgIpc) is 2.23. The molecule has 1 aliphatic rings. The number of allylic oxidation sites excluding steroid dienone is 1. The van der Waals surface area contributed by atoms with Crippen molar-refractivity contribution in [2.75, 3.05) is 7.11 Å². The number of azide groups is 1. The molecule has 0 radical (unpaired) electrons. The molecule has 0 N–H and O–H groups in total. The fourth-order valence-corrected chi connectivity index (χ4v) is 1.79. The van der Waals surface area contributed by atoms with Gasteiger partial charge in [0.25, 0.3) is 0 Å². The van der Waals surface area contributed by atoms with Crippen LogP contribution in [0.25, 0.3) is 10.4 Å². The predicted octanol–water partition coefficient (Wildman–Crippen LogP) is 2.44. The highest BCUT2D eigenvalue weighted by Crippen LogP contribution is 2.31. The summed E-state index contributed by atoms with van der Waals surface area (Å²) in [4.78, 5) is 14.2. The van der Waals surface area contributed by atoms with Gasteiger partial charge in [0.2, 0.25) is 0 Å². The minimum absolute atomic E-state index is 0.149.